The Labute approximate surface area is 108 Å². The summed E-state index contributed by atoms with van der Waals surface area (Å²) in [6.07, 6.45) is -0.810. The summed E-state index contributed by atoms with van der Waals surface area (Å²) in [5, 5.41) is 9.54. The lowest BCUT2D eigenvalue weighted by atomic mass is 10.0. The fraction of sp³-hybridized carbons (Fsp3) is 0.500. The quantitative estimate of drug-likeness (QED) is 0.713. The fourth-order valence-electron chi connectivity index (χ4n) is 1.28. The maximum Gasteiger partial charge on any atom is 0.241 e. The summed E-state index contributed by atoms with van der Waals surface area (Å²) in [5.41, 5.74) is 6.00. The molecule has 6 heteroatoms. The number of sulfonamides is 1. The highest BCUT2D eigenvalue weighted by Gasteiger charge is 2.30. The van der Waals surface area contributed by atoms with Crippen molar-refractivity contribution < 1.29 is 13.5 Å². The van der Waals surface area contributed by atoms with Crippen LogP contribution in [0.15, 0.2) is 23.1 Å². The third-order valence-electron chi connectivity index (χ3n) is 3.00. The van der Waals surface area contributed by atoms with E-state index >= 15 is 0 Å². The molecule has 5 nitrogen and oxygen atoms in total. The summed E-state index contributed by atoms with van der Waals surface area (Å²) in [6, 6.07) is 4.56. The zero-order chi connectivity index (χ0) is 14.1. The molecule has 0 amide bonds. The molecule has 1 unspecified atom stereocenters. The summed E-state index contributed by atoms with van der Waals surface area (Å²) in [6.45, 7) is 6.57. The van der Waals surface area contributed by atoms with Crippen molar-refractivity contribution in [3.05, 3.63) is 23.8 Å². The number of aryl methyl sites for hydroxylation is 1. The first-order valence-electron chi connectivity index (χ1n) is 5.64. The van der Waals surface area contributed by atoms with Gasteiger partial charge in [-0.3, -0.25) is 0 Å². The van der Waals surface area contributed by atoms with Gasteiger partial charge in [0.25, 0.3) is 0 Å². The average Bonchev–Trinajstić information content (AvgIpc) is 2.20. The number of hydrogen-bond acceptors (Lipinski definition) is 4. The largest absolute Gasteiger partial charge is 0.398 e. The Hall–Kier alpha value is -1.11. The van der Waals surface area contributed by atoms with Crippen molar-refractivity contribution in [3.8, 4) is 0 Å². The van der Waals surface area contributed by atoms with Crippen molar-refractivity contribution in [3.63, 3.8) is 0 Å². The Morgan fingerprint density at radius 1 is 1.39 bits per heavy atom. The van der Waals surface area contributed by atoms with Crippen molar-refractivity contribution in [2.24, 2.45) is 0 Å². The fourth-order valence-corrected chi connectivity index (χ4v) is 2.79. The normalized spacial score (nSPS) is 14.5. The minimum absolute atomic E-state index is 0.0966. The Morgan fingerprint density at radius 3 is 2.39 bits per heavy atom. The molecule has 0 aliphatic carbocycles. The lowest BCUT2D eigenvalue weighted by Crippen LogP contribution is -2.50. The predicted molar refractivity (Wildman–Crippen MR) is 71.7 cm³/mol. The zero-order valence-electron chi connectivity index (χ0n) is 11.1. The van der Waals surface area contributed by atoms with E-state index in [9.17, 15) is 13.5 Å². The minimum atomic E-state index is -3.69. The topological polar surface area (TPSA) is 92.4 Å². The molecule has 102 valence electrons. The number of benzene rings is 1. The van der Waals surface area contributed by atoms with Crippen LogP contribution in [0.25, 0.3) is 0 Å². The van der Waals surface area contributed by atoms with Gasteiger partial charge in [0, 0.05) is 5.69 Å². The van der Waals surface area contributed by atoms with Crippen LogP contribution < -0.4 is 10.5 Å². The van der Waals surface area contributed by atoms with Crippen LogP contribution in [0.2, 0.25) is 0 Å². The Balaban J connectivity index is 3.11. The predicted octanol–water partition coefficient (Wildman–Crippen LogP) is 1.01. The van der Waals surface area contributed by atoms with Crippen LogP contribution in [0.3, 0.4) is 0 Å². The van der Waals surface area contributed by atoms with E-state index in [2.05, 4.69) is 4.72 Å². The monoisotopic (exact) mass is 272 g/mol. The molecule has 0 heterocycles. The molecular formula is C12H20N2O3S. The molecule has 0 spiro atoms. The van der Waals surface area contributed by atoms with Crippen molar-refractivity contribution in [1.29, 1.82) is 0 Å². The Bertz CT molecular complexity index is 536. The molecule has 0 aliphatic heterocycles. The molecule has 1 aromatic rings. The highest BCUT2D eigenvalue weighted by Crippen LogP contribution is 2.20. The summed E-state index contributed by atoms with van der Waals surface area (Å²) in [7, 11) is -3.69. The Morgan fingerprint density at radius 2 is 1.94 bits per heavy atom. The lowest BCUT2D eigenvalue weighted by molar-refractivity contribution is 0.111. The van der Waals surface area contributed by atoms with Crippen molar-refractivity contribution in [2.45, 2.75) is 44.2 Å². The number of aliphatic hydroxyl groups is 1. The molecule has 1 aromatic carbocycles. The van der Waals surface area contributed by atoms with Crippen molar-refractivity contribution in [2.75, 3.05) is 5.73 Å². The molecule has 0 saturated carbocycles. The summed E-state index contributed by atoms with van der Waals surface area (Å²) in [5.74, 6) is 0. The van der Waals surface area contributed by atoms with E-state index < -0.39 is 21.7 Å². The van der Waals surface area contributed by atoms with E-state index in [4.69, 9.17) is 5.73 Å². The van der Waals surface area contributed by atoms with E-state index in [-0.39, 0.29) is 4.90 Å². The minimum Gasteiger partial charge on any atom is -0.398 e. The van der Waals surface area contributed by atoms with Crippen molar-refractivity contribution >= 4 is 15.7 Å². The zero-order valence-corrected chi connectivity index (χ0v) is 11.9. The van der Waals surface area contributed by atoms with Gasteiger partial charge in [-0.1, -0.05) is 6.07 Å². The maximum atomic E-state index is 12.1. The highest BCUT2D eigenvalue weighted by atomic mass is 32.2. The van der Waals surface area contributed by atoms with Gasteiger partial charge in [0.2, 0.25) is 10.0 Å². The number of anilines is 1. The van der Waals surface area contributed by atoms with Crippen LogP contribution in [0, 0.1) is 6.92 Å². The molecule has 0 fully saturated rings. The number of rotatable bonds is 4. The number of nitrogen functional groups attached to an aromatic ring is 1. The van der Waals surface area contributed by atoms with E-state index in [1.165, 1.54) is 19.1 Å². The molecule has 0 aromatic heterocycles. The summed E-state index contributed by atoms with van der Waals surface area (Å²) < 4.78 is 26.7. The van der Waals surface area contributed by atoms with Gasteiger partial charge in [-0.15, -0.1) is 0 Å². The van der Waals surface area contributed by atoms with Crippen LogP contribution in [0.4, 0.5) is 5.69 Å². The van der Waals surface area contributed by atoms with Gasteiger partial charge >= 0.3 is 0 Å². The lowest BCUT2D eigenvalue weighted by Gasteiger charge is -2.28. The molecule has 0 aliphatic rings. The van der Waals surface area contributed by atoms with Crippen LogP contribution in [0.5, 0.6) is 0 Å². The first-order valence-corrected chi connectivity index (χ1v) is 7.13. The third-order valence-corrected chi connectivity index (χ3v) is 4.67. The van der Waals surface area contributed by atoms with Crippen LogP contribution in [0.1, 0.15) is 26.3 Å². The van der Waals surface area contributed by atoms with Crippen LogP contribution >= 0.6 is 0 Å². The number of hydrogen-bond donors (Lipinski definition) is 3. The number of nitrogens with one attached hydrogen (secondary N) is 1. The first-order chi connectivity index (χ1) is 8.06. The van der Waals surface area contributed by atoms with Crippen LogP contribution in [-0.4, -0.2) is 25.2 Å². The van der Waals surface area contributed by atoms with E-state index in [1.54, 1.807) is 26.8 Å². The van der Waals surface area contributed by atoms with Crippen LogP contribution in [-0.2, 0) is 10.0 Å². The van der Waals surface area contributed by atoms with Crippen molar-refractivity contribution in [1.82, 2.24) is 4.72 Å². The molecule has 1 atom stereocenters. The second-order valence-electron chi connectivity index (χ2n) is 5.02. The van der Waals surface area contributed by atoms with Gasteiger partial charge in [0.1, 0.15) is 0 Å². The average molecular weight is 272 g/mol. The van der Waals surface area contributed by atoms with Gasteiger partial charge in [-0.05, 0) is 45.4 Å². The second-order valence-corrected chi connectivity index (χ2v) is 6.70. The van der Waals surface area contributed by atoms with Gasteiger partial charge in [-0.2, -0.15) is 0 Å². The Kier molecular flexibility index (Phi) is 4.05. The molecule has 0 bridgehead atoms. The number of aliphatic hydroxyl groups excluding tert-OH is 1. The summed E-state index contributed by atoms with van der Waals surface area (Å²) in [4.78, 5) is 0.0966. The van der Waals surface area contributed by atoms with E-state index in [0.29, 0.717) is 5.69 Å². The van der Waals surface area contributed by atoms with E-state index in [0.717, 1.165) is 5.56 Å². The van der Waals surface area contributed by atoms with Gasteiger partial charge in [-0.25, -0.2) is 13.1 Å². The standard InChI is InChI=1S/C12H20N2O3S/c1-8-5-6-10(7-11(8)13)18(16,17)14-12(3,4)9(2)15/h5-7,9,14-15H,13H2,1-4H3. The molecule has 0 saturated heterocycles. The molecule has 18 heavy (non-hydrogen) atoms. The molecule has 1 rings (SSSR count). The second kappa shape index (κ2) is 4.87. The number of nitrogens with two attached hydrogens (primary N) is 1. The highest BCUT2D eigenvalue weighted by molar-refractivity contribution is 7.89. The third kappa shape index (κ3) is 3.22. The smallest absolute Gasteiger partial charge is 0.241 e. The molecule has 0 radical (unpaired) electrons. The molecule has 4 N–H and O–H groups in total. The summed E-state index contributed by atoms with van der Waals surface area (Å²) >= 11 is 0. The van der Waals surface area contributed by atoms with Gasteiger partial charge in [0.15, 0.2) is 0 Å². The molecular weight excluding hydrogens is 252 g/mol. The van der Waals surface area contributed by atoms with E-state index in [1.807, 2.05) is 0 Å². The first kappa shape index (κ1) is 14.9. The van der Waals surface area contributed by atoms with Gasteiger partial charge in [0.05, 0.1) is 16.5 Å². The van der Waals surface area contributed by atoms with Gasteiger partial charge < -0.3 is 10.8 Å². The maximum absolute atomic E-state index is 12.1. The SMILES string of the molecule is Cc1ccc(S(=O)(=O)NC(C)(C)C(C)O)cc1N.